The third-order valence-electron chi connectivity index (χ3n) is 3.25. The first kappa shape index (κ1) is 18.9. The zero-order chi connectivity index (χ0) is 16.6. The summed E-state index contributed by atoms with van der Waals surface area (Å²) in [4.78, 5) is 38.2. The summed E-state index contributed by atoms with van der Waals surface area (Å²) in [5.41, 5.74) is 1.39. The molecule has 5 nitrogen and oxygen atoms in total. The van der Waals surface area contributed by atoms with Gasteiger partial charge in [-0.05, 0) is 0 Å². The zero-order valence-corrected chi connectivity index (χ0v) is 15.3. The predicted molar refractivity (Wildman–Crippen MR) is 88.7 cm³/mol. The Bertz CT molecular complexity index is 501. The van der Waals surface area contributed by atoms with Gasteiger partial charge in [-0.2, -0.15) is 0 Å². The second-order valence-corrected chi connectivity index (χ2v) is 10.2. The van der Waals surface area contributed by atoms with Crippen molar-refractivity contribution < 1.29 is 23.9 Å². The van der Waals surface area contributed by atoms with Crippen molar-refractivity contribution in [3.63, 3.8) is 0 Å². The van der Waals surface area contributed by atoms with Gasteiger partial charge in [0.1, 0.15) is 0 Å². The first-order valence-corrected chi connectivity index (χ1v) is 9.69. The number of rotatable bonds is 3. The Morgan fingerprint density at radius 2 is 1.48 bits per heavy atom. The van der Waals surface area contributed by atoms with E-state index in [2.05, 4.69) is 25.1 Å². The Morgan fingerprint density at radius 1 is 0.952 bits per heavy atom. The molecule has 122 valence electrons. The van der Waals surface area contributed by atoms with E-state index in [-0.39, 0.29) is 16.1 Å². The van der Waals surface area contributed by atoms with Crippen LogP contribution in [0.3, 0.4) is 0 Å². The van der Waals surface area contributed by atoms with Gasteiger partial charge in [-0.3, -0.25) is 0 Å². The Labute approximate surface area is 128 Å². The minimum atomic E-state index is -4.35. The molecule has 0 saturated heterocycles. The number of hydrogen-bond acceptors (Lipinski definition) is 5. The first-order valence-electron chi connectivity index (χ1n) is 6.72. The van der Waals surface area contributed by atoms with Gasteiger partial charge in [0.15, 0.2) is 0 Å². The van der Waals surface area contributed by atoms with E-state index in [1.165, 1.54) is 0 Å². The third-order valence-corrected chi connectivity index (χ3v) is 6.06. The van der Waals surface area contributed by atoms with Crippen LogP contribution in [0, 0.1) is 0 Å². The second-order valence-electron chi connectivity index (χ2n) is 7.21. The standard InChI is InChI=1S/C14H26O5P2/c1-13(2,3)10-7-8-12(11(9-10)14(4,5)6)21(17,18)19-20(15)16/h7-9,15-18,21H,1-6H3. The average Bonchev–Trinajstić information content (AvgIpc) is 2.24. The molecule has 4 N–H and O–H groups in total. The fourth-order valence-electron chi connectivity index (χ4n) is 2.08. The molecule has 1 aromatic carbocycles. The van der Waals surface area contributed by atoms with E-state index < -0.39 is 16.5 Å². The van der Waals surface area contributed by atoms with Crippen LogP contribution < -0.4 is 5.30 Å². The molecule has 0 atom stereocenters. The maximum absolute atomic E-state index is 10.2. The molecule has 0 fully saturated rings. The fraction of sp³-hybridized carbons (Fsp3) is 0.571. The van der Waals surface area contributed by atoms with E-state index in [0.29, 0.717) is 0 Å². The van der Waals surface area contributed by atoms with Gasteiger partial charge in [-0.15, -0.1) is 0 Å². The Morgan fingerprint density at radius 3 is 1.86 bits per heavy atom. The van der Waals surface area contributed by atoms with Gasteiger partial charge in [-0.1, -0.05) is 0 Å². The summed E-state index contributed by atoms with van der Waals surface area (Å²) in [7, 11) is -7.18. The molecule has 0 amide bonds. The molecule has 1 aromatic rings. The molecule has 0 aromatic heterocycles. The molecular formula is C14H26O5P2. The van der Waals surface area contributed by atoms with E-state index in [9.17, 15) is 9.79 Å². The zero-order valence-electron chi connectivity index (χ0n) is 13.4. The summed E-state index contributed by atoms with van der Waals surface area (Å²) in [6.07, 6.45) is 0. The van der Waals surface area contributed by atoms with E-state index in [4.69, 9.17) is 9.79 Å². The number of benzene rings is 1. The molecule has 21 heavy (non-hydrogen) atoms. The van der Waals surface area contributed by atoms with E-state index in [0.717, 1.165) is 11.1 Å². The van der Waals surface area contributed by atoms with Gasteiger partial charge >= 0.3 is 127 Å². The van der Waals surface area contributed by atoms with Gasteiger partial charge in [0.2, 0.25) is 0 Å². The van der Waals surface area contributed by atoms with Crippen LogP contribution in [0.4, 0.5) is 0 Å². The monoisotopic (exact) mass is 336 g/mol. The van der Waals surface area contributed by atoms with Gasteiger partial charge in [0.25, 0.3) is 0 Å². The summed E-state index contributed by atoms with van der Waals surface area (Å²) in [5.74, 6) is 0. The Kier molecular flexibility index (Phi) is 5.56. The predicted octanol–water partition coefficient (Wildman–Crippen LogP) is 2.61. The van der Waals surface area contributed by atoms with E-state index >= 15 is 0 Å². The van der Waals surface area contributed by atoms with Crippen LogP contribution in [0.5, 0.6) is 0 Å². The van der Waals surface area contributed by atoms with Crippen LogP contribution >= 0.6 is 16.5 Å². The summed E-state index contributed by atoms with van der Waals surface area (Å²) < 4.78 is 4.61. The van der Waals surface area contributed by atoms with Gasteiger partial charge < -0.3 is 0 Å². The maximum atomic E-state index is 10.2. The SMILES string of the molecule is CC(C)(C)c1ccc([PH](O)(O)OP(O)O)c(C(C)(C)C)c1. The molecule has 0 spiro atoms. The van der Waals surface area contributed by atoms with Crippen LogP contribution in [0.1, 0.15) is 52.7 Å². The third kappa shape index (κ3) is 4.94. The molecule has 0 bridgehead atoms. The Hall–Kier alpha value is -0.120. The summed E-state index contributed by atoms with van der Waals surface area (Å²) >= 11 is 0. The topological polar surface area (TPSA) is 90.2 Å². The van der Waals surface area contributed by atoms with Crippen molar-refractivity contribution in [2.75, 3.05) is 0 Å². The Balaban J connectivity index is 3.46. The normalized spacial score (nSPS) is 14.6. The molecule has 0 radical (unpaired) electrons. The first-order chi connectivity index (χ1) is 9.25. The quantitative estimate of drug-likeness (QED) is 0.637. The molecule has 0 aliphatic rings. The van der Waals surface area contributed by atoms with Crippen molar-refractivity contribution in [2.45, 2.75) is 52.4 Å². The van der Waals surface area contributed by atoms with Crippen LogP contribution in [0.15, 0.2) is 18.2 Å². The van der Waals surface area contributed by atoms with Crippen LogP contribution in [0.25, 0.3) is 0 Å². The fourth-order valence-corrected chi connectivity index (χ4v) is 4.48. The van der Waals surface area contributed by atoms with Crippen molar-refractivity contribution >= 4 is 21.9 Å². The summed E-state index contributed by atoms with van der Waals surface area (Å²) in [6.45, 7) is 12.1. The molecule has 0 unspecified atom stereocenters. The molecule has 0 heterocycles. The van der Waals surface area contributed by atoms with Crippen LogP contribution in [-0.2, 0) is 15.1 Å². The van der Waals surface area contributed by atoms with Crippen LogP contribution in [-0.4, -0.2) is 19.6 Å². The molecule has 0 aliphatic heterocycles. The van der Waals surface area contributed by atoms with Gasteiger partial charge in [0, 0.05) is 0 Å². The average molecular weight is 336 g/mol. The van der Waals surface area contributed by atoms with Crippen molar-refractivity contribution in [1.82, 2.24) is 0 Å². The second kappa shape index (κ2) is 6.17. The number of hydrogen-bond donors (Lipinski definition) is 4. The summed E-state index contributed by atoms with van der Waals surface area (Å²) in [5, 5.41) is 0.249. The van der Waals surface area contributed by atoms with Crippen molar-refractivity contribution in [1.29, 1.82) is 0 Å². The van der Waals surface area contributed by atoms with Crippen molar-refractivity contribution in [3.05, 3.63) is 29.3 Å². The van der Waals surface area contributed by atoms with E-state index in [1.54, 1.807) is 6.07 Å². The van der Waals surface area contributed by atoms with Gasteiger partial charge in [-0.25, -0.2) is 0 Å². The molecule has 0 aliphatic carbocycles. The van der Waals surface area contributed by atoms with E-state index in [1.807, 2.05) is 32.9 Å². The minimum absolute atomic E-state index is 0.0743. The van der Waals surface area contributed by atoms with Crippen LogP contribution in [0.2, 0.25) is 0 Å². The van der Waals surface area contributed by atoms with Crippen molar-refractivity contribution in [2.24, 2.45) is 0 Å². The van der Waals surface area contributed by atoms with Crippen molar-refractivity contribution in [3.8, 4) is 0 Å². The molecular weight excluding hydrogens is 310 g/mol. The van der Waals surface area contributed by atoms with Gasteiger partial charge in [0.05, 0.1) is 0 Å². The summed E-state index contributed by atoms with van der Waals surface area (Å²) in [6, 6.07) is 5.37. The molecule has 0 saturated carbocycles. The molecule has 7 heteroatoms. The molecule has 1 rings (SSSR count).